The van der Waals surface area contributed by atoms with Crippen LogP contribution in [0, 0.1) is 12.3 Å². The van der Waals surface area contributed by atoms with Crippen LogP contribution in [0.1, 0.15) is 51.0 Å². The third kappa shape index (κ3) is 2.15. The van der Waals surface area contributed by atoms with Gasteiger partial charge in [-0.1, -0.05) is 33.6 Å². The molecule has 15 heavy (non-hydrogen) atoms. The van der Waals surface area contributed by atoms with Crippen LogP contribution in [0.2, 0.25) is 0 Å². The van der Waals surface area contributed by atoms with Gasteiger partial charge in [0.1, 0.15) is 11.6 Å². The summed E-state index contributed by atoms with van der Waals surface area (Å²) in [7, 11) is 0. The molecule has 0 aliphatic carbocycles. The first-order valence-electron chi connectivity index (χ1n) is 5.28. The Morgan fingerprint density at radius 3 is 2.33 bits per heavy atom. The third-order valence-corrected chi connectivity index (χ3v) is 2.38. The lowest BCUT2D eigenvalue weighted by Gasteiger charge is -2.08. The van der Waals surface area contributed by atoms with Crippen molar-refractivity contribution in [3.63, 3.8) is 0 Å². The van der Waals surface area contributed by atoms with Gasteiger partial charge in [0.15, 0.2) is 0 Å². The standard InChI is InChI=1S/C12H19N3/c1-6-7-15-11(13)10(8(2)3)14-12(15)9(4)5/h1,8-9H,7,13H2,2-5H3. The molecule has 0 atom stereocenters. The lowest BCUT2D eigenvalue weighted by atomic mass is 10.1. The summed E-state index contributed by atoms with van der Waals surface area (Å²) in [4.78, 5) is 4.57. The maximum absolute atomic E-state index is 6.03. The summed E-state index contributed by atoms with van der Waals surface area (Å²) in [5, 5.41) is 0. The van der Waals surface area contributed by atoms with E-state index in [1.807, 2.05) is 4.57 Å². The van der Waals surface area contributed by atoms with Crippen LogP contribution in [0.25, 0.3) is 0 Å². The second-order valence-electron chi connectivity index (χ2n) is 4.34. The van der Waals surface area contributed by atoms with Crippen molar-refractivity contribution in [2.75, 3.05) is 5.73 Å². The number of nitrogens with two attached hydrogens (primary N) is 1. The van der Waals surface area contributed by atoms with Gasteiger partial charge >= 0.3 is 0 Å². The molecule has 0 aliphatic heterocycles. The zero-order chi connectivity index (χ0) is 11.6. The van der Waals surface area contributed by atoms with Gasteiger partial charge in [0.05, 0.1) is 12.2 Å². The number of hydrogen-bond donors (Lipinski definition) is 1. The lowest BCUT2D eigenvalue weighted by Crippen LogP contribution is -2.07. The number of rotatable bonds is 3. The average molecular weight is 205 g/mol. The molecule has 0 aliphatic rings. The smallest absolute Gasteiger partial charge is 0.127 e. The molecule has 1 aromatic rings. The number of nitrogen functional groups attached to an aromatic ring is 1. The fraction of sp³-hybridized carbons (Fsp3) is 0.583. The molecule has 0 bridgehead atoms. The first-order valence-corrected chi connectivity index (χ1v) is 5.28. The summed E-state index contributed by atoms with van der Waals surface area (Å²) in [5.41, 5.74) is 6.99. The minimum atomic E-state index is 0.335. The van der Waals surface area contributed by atoms with E-state index in [9.17, 15) is 0 Å². The Morgan fingerprint density at radius 1 is 1.33 bits per heavy atom. The molecule has 0 saturated heterocycles. The molecule has 2 N–H and O–H groups in total. The molecule has 0 radical (unpaired) electrons. The van der Waals surface area contributed by atoms with E-state index in [4.69, 9.17) is 12.2 Å². The first-order chi connectivity index (χ1) is 6.99. The highest BCUT2D eigenvalue weighted by Gasteiger charge is 2.18. The summed E-state index contributed by atoms with van der Waals surface area (Å²) < 4.78 is 1.93. The summed E-state index contributed by atoms with van der Waals surface area (Å²) in [5.74, 6) is 4.99. The fourth-order valence-electron chi connectivity index (χ4n) is 1.63. The van der Waals surface area contributed by atoms with Crippen molar-refractivity contribution >= 4 is 5.82 Å². The van der Waals surface area contributed by atoms with E-state index < -0.39 is 0 Å². The van der Waals surface area contributed by atoms with Crippen LogP contribution in [-0.4, -0.2) is 9.55 Å². The van der Waals surface area contributed by atoms with Crippen molar-refractivity contribution < 1.29 is 0 Å². The molecule has 0 aromatic carbocycles. The zero-order valence-electron chi connectivity index (χ0n) is 9.91. The van der Waals surface area contributed by atoms with Crippen molar-refractivity contribution in [1.82, 2.24) is 9.55 Å². The van der Waals surface area contributed by atoms with Crippen LogP contribution in [-0.2, 0) is 6.54 Å². The summed E-state index contributed by atoms with van der Waals surface area (Å²) in [6, 6.07) is 0. The van der Waals surface area contributed by atoms with Crippen LogP contribution in [0.15, 0.2) is 0 Å². The van der Waals surface area contributed by atoms with E-state index in [0.717, 1.165) is 11.5 Å². The van der Waals surface area contributed by atoms with Gasteiger partial charge in [-0.25, -0.2) is 4.98 Å². The molecule has 3 nitrogen and oxygen atoms in total. The number of imidazole rings is 1. The van der Waals surface area contributed by atoms with Crippen molar-refractivity contribution in [3.05, 3.63) is 11.5 Å². The van der Waals surface area contributed by atoms with Crippen LogP contribution in [0.5, 0.6) is 0 Å². The minimum absolute atomic E-state index is 0.335. The predicted octanol–water partition coefficient (Wildman–Crippen LogP) is 2.35. The van der Waals surface area contributed by atoms with Crippen LogP contribution in [0.3, 0.4) is 0 Å². The summed E-state index contributed by atoms with van der Waals surface area (Å²) >= 11 is 0. The molecule has 1 heterocycles. The monoisotopic (exact) mass is 205 g/mol. The zero-order valence-corrected chi connectivity index (χ0v) is 9.91. The number of hydrogen-bond acceptors (Lipinski definition) is 2. The Kier molecular flexibility index (Phi) is 3.41. The van der Waals surface area contributed by atoms with Gasteiger partial charge in [-0.2, -0.15) is 0 Å². The molecule has 82 valence electrons. The molecule has 0 unspecified atom stereocenters. The molecule has 3 heteroatoms. The van der Waals surface area contributed by atoms with Gasteiger partial charge < -0.3 is 10.3 Å². The van der Waals surface area contributed by atoms with Crippen molar-refractivity contribution in [2.45, 2.75) is 46.1 Å². The van der Waals surface area contributed by atoms with E-state index in [0.29, 0.717) is 24.2 Å². The normalized spacial score (nSPS) is 11.0. The van der Waals surface area contributed by atoms with Crippen LogP contribution < -0.4 is 5.73 Å². The Hall–Kier alpha value is -1.43. The van der Waals surface area contributed by atoms with E-state index in [2.05, 4.69) is 38.6 Å². The Morgan fingerprint density at radius 2 is 1.93 bits per heavy atom. The van der Waals surface area contributed by atoms with Gasteiger partial charge in [-0.05, 0) is 5.92 Å². The van der Waals surface area contributed by atoms with Crippen LogP contribution in [0.4, 0.5) is 5.82 Å². The Bertz CT molecular complexity index is 380. The second-order valence-corrected chi connectivity index (χ2v) is 4.34. The Balaban J connectivity index is 3.27. The third-order valence-electron chi connectivity index (χ3n) is 2.38. The maximum atomic E-state index is 6.03. The van der Waals surface area contributed by atoms with Gasteiger partial charge in [0, 0.05) is 5.92 Å². The maximum Gasteiger partial charge on any atom is 0.127 e. The molecule has 1 aromatic heterocycles. The molecule has 0 spiro atoms. The van der Waals surface area contributed by atoms with Crippen molar-refractivity contribution in [1.29, 1.82) is 0 Å². The van der Waals surface area contributed by atoms with E-state index >= 15 is 0 Å². The summed E-state index contributed by atoms with van der Waals surface area (Å²) in [6.45, 7) is 8.86. The average Bonchev–Trinajstić information content (AvgIpc) is 2.45. The van der Waals surface area contributed by atoms with Gasteiger partial charge in [-0.3, -0.25) is 0 Å². The predicted molar refractivity (Wildman–Crippen MR) is 63.7 cm³/mol. The topological polar surface area (TPSA) is 43.8 Å². The van der Waals surface area contributed by atoms with Gasteiger partial charge in [0.25, 0.3) is 0 Å². The Labute approximate surface area is 91.7 Å². The number of nitrogens with zero attached hydrogens (tertiary/aromatic N) is 2. The van der Waals surface area contributed by atoms with Gasteiger partial charge in [-0.15, -0.1) is 6.42 Å². The summed E-state index contributed by atoms with van der Waals surface area (Å²) in [6.07, 6.45) is 5.33. The highest BCUT2D eigenvalue weighted by molar-refractivity contribution is 5.41. The molecule has 0 amide bonds. The number of terminal acetylenes is 1. The highest BCUT2D eigenvalue weighted by atomic mass is 15.1. The van der Waals surface area contributed by atoms with Crippen molar-refractivity contribution in [3.8, 4) is 12.3 Å². The highest BCUT2D eigenvalue weighted by Crippen LogP contribution is 2.26. The lowest BCUT2D eigenvalue weighted by molar-refractivity contribution is 0.689. The van der Waals surface area contributed by atoms with E-state index in [-0.39, 0.29) is 0 Å². The quantitative estimate of drug-likeness (QED) is 0.770. The van der Waals surface area contributed by atoms with Gasteiger partial charge in [0.2, 0.25) is 0 Å². The van der Waals surface area contributed by atoms with E-state index in [1.54, 1.807) is 0 Å². The SMILES string of the molecule is C#CCn1c(C(C)C)nc(C(C)C)c1N. The fourth-order valence-corrected chi connectivity index (χ4v) is 1.63. The minimum Gasteiger partial charge on any atom is -0.384 e. The number of aromatic nitrogens is 2. The molecular weight excluding hydrogens is 186 g/mol. The molecule has 0 fully saturated rings. The van der Waals surface area contributed by atoms with E-state index in [1.165, 1.54) is 0 Å². The molecule has 0 saturated carbocycles. The first kappa shape index (κ1) is 11.6. The van der Waals surface area contributed by atoms with Crippen LogP contribution >= 0.6 is 0 Å². The van der Waals surface area contributed by atoms with Crippen molar-refractivity contribution in [2.24, 2.45) is 0 Å². The largest absolute Gasteiger partial charge is 0.384 e. The number of anilines is 1. The molecular formula is C12H19N3. The molecule has 1 rings (SSSR count). The second kappa shape index (κ2) is 4.39.